The third-order valence-electron chi connectivity index (χ3n) is 3.76. The van der Waals surface area contributed by atoms with Crippen molar-refractivity contribution in [2.75, 3.05) is 13.6 Å². The zero-order valence-corrected chi connectivity index (χ0v) is 15.2. The summed E-state index contributed by atoms with van der Waals surface area (Å²) in [6.45, 7) is 9.09. The van der Waals surface area contributed by atoms with E-state index in [9.17, 15) is 4.79 Å². The Hall–Kier alpha value is -1.26. The van der Waals surface area contributed by atoms with Crippen LogP contribution in [0.2, 0.25) is 0 Å². The number of amides is 1. The van der Waals surface area contributed by atoms with Crippen LogP contribution in [0.15, 0.2) is 4.99 Å². The molecule has 2 atom stereocenters. The van der Waals surface area contributed by atoms with Crippen LogP contribution in [0.5, 0.6) is 0 Å². The quantitative estimate of drug-likeness (QED) is 0.312. The third kappa shape index (κ3) is 11.4. The molecule has 0 aromatic carbocycles. The van der Waals surface area contributed by atoms with E-state index in [1.165, 1.54) is 25.7 Å². The highest BCUT2D eigenvalue weighted by atomic mass is 16.1. The van der Waals surface area contributed by atoms with Gasteiger partial charge < -0.3 is 16.0 Å². The van der Waals surface area contributed by atoms with Gasteiger partial charge in [-0.05, 0) is 26.7 Å². The lowest BCUT2D eigenvalue weighted by atomic mass is 10.1. The number of nitrogens with zero attached hydrogens (tertiary/aromatic N) is 1. The van der Waals surface area contributed by atoms with Crippen molar-refractivity contribution in [3.63, 3.8) is 0 Å². The Morgan fingerprint density at radius 2 is 1.77 bits per heavy atom. The van der Waals surface area contributed by atoms with Gasteiger partial charge in [-0.15, -0.1) is 0 Å². The molecule has 0 heterocycles. The molecule has 0 saturated heterocycles. The first-order valence-corrected chi connectivity index (χ1v) is 8.79. The fourth-order valence-corrected chi connectivity index (χ4v) is 2.12. The Bertz CT molecular complexity index is 318. The molecule has 2 unspecified atom stereocenters. The molecule has 0 aliphatic rings. The number of hydrogen-bond donors (Lipinski definition) is 3. The summed E-state index contributed by atoms with van der Waals surface area (Å²) in [5.74, 6) is 0.865. The average Bonchev–Trinajstić information content (AvgIpc) is 2.50. The van der Waals surface area contributed by atoms with E-state index in [0.717, 1.165) is 18.8 Å². The first kappa shape index (κ1) is 20.7. The van der Waals surface area contributed by atoms with Gasteiger partial charge in [-0.3, -0.25) is 9.79 Å². The zero-order chi connectivity index (χ0) is 16.8. The van der Waals surface area contributed by atoms with Crippen LogP contribution in [0.3, 0.4) is 0 Å². The molecular weight excluding hydrogens is 276 g/mol. The first-order chi connectivity index (χ1) is 10.5. The summed E-state index contributed by atoms with van der Waals surface area (Å²) >= 11 is 0. The second-order valence-corrected chi connectivity index (χ2v) is 6.02. The highest BCUT2D eigenvalue weighted by molar-refractivity contribution is 5.81. The number of guanidine groups is 1. The van der Waals surface area contributed by atoms with E-state index >= 15 is 0 Å². The predicted molar refractivity (Wildman–Crippen MR) is 95.2 cm³/mol. The van der Waals surface area contributed by atoms with E-state index in [1.807, 2.05) is 6.92 Å². The minimum Gasteiger partial charge on any atom is -0.356 e. The lowest BCUT2D eigenvalue weighted by Gasteiger charge is -2.18. The van der Waals surface area contributed by atoms with E-state index in [2.05, 4.69) is 41.7 Å². The lowest BCUT2D eigenvalue weighted by Crippen LogP contribution is -2.43. The van der Waals surface area contributed by atoms with Crippen molar-refractivity contribution in [1.82, 2.24) is 16.0 Å². The molecule has 3 N–H and O–H groups in total. The molecule has 0 rings (SSSR count). The Morgan fingerprint density at radius 3 is 2.36 bits per heavy atom. The van der Waals surface area contributed by atoms with Crippen molar-refractivity contribution in [3.05, 3.63) is 0 Å². The van der Waals surface area contributed by atoms with Crippen molar-refractivity contribution in [2.24, 2.45) is 4.99 Å². The van der Waals surface area contributed by atoms with Crippen molar-refractivity contribution < 1.29 is 4.79 Å². The molecule has 0 saturated carbocycles. The molecule has 0 aliphatic heterocycles. The SMILES string of the molecule is CCCCCCC(C)NC(=NC)NCCC(=O)NC(C)CC. The molecular formula is C17H36N4O. The minimum absolute atomic E-state index is 0.0879. The molecule has 0 spiro atoms. The predicted octanol–water partition coefficient (Wildman–Crippen LogP) is 2.82. The van der Waals surface area contributed by atoms with Crippen LogP contribution in [0.4, 0.5) is 0 Å². The molecule has 22 heavy (non-hydrogen) atoms. The molecule has 5 nitrogen and oxygen atoms in total. The minimum atomic E-state index is 0.0879. The summed E-state index contributed by atoms with van der Waals surface area (Å²) in [7, 11) is 1.76. The molecule has 5 heteroatoms. The van der Waals surface area contributed by atoms with Crippen LogP contribution in [-0.2, 0) is 4.79 Å². The second-order valence-electron chi connectivity index (χ2n) is 6.02. The Labute approximate surface area is 136 Å². The molecule has 0 aliphatic carbocycles. The normalized spacial score (nSPS) is 14.3. The standard InChI is InChI=1S/C17H36N4O/c1-6-8-9-10-11-15(4)21-17(18-5)19-13-12-16(22)20-14(3)7-2/h14-15H,6-13H2,1-5H3,(H,20,22)(H2,18,19,21). The molecule has 0 aromatic heterocycles. The van der Waals surface area contributed by atoms with Gasteiger partial charge in [-0.2, -0.15) is 0 Å². The fraction of sp³-hybridized carbons (Fsp3) is 0.882. The van der Waals surface area contributed by atoms with Crippen molar-refractivity contribution in [1.29, 1.82) is 0 Å². The monoisotopic (exact) mass is 312 g/mol. The smallest absolute Gasteiger partial charge is 0.221 e. The van der Waals surface area contributed by atoms with Gasteiger partial charge in [0.05, 0.1) is 0 Å². The van der Waals surface area contributed by atoms with Crippen LogP contribution in [0, 0.1) is 0 Å². The molecule has 0 radical (unpaired) electrons. The summed E-state index contributed by atoms with van der Waals surface area (Å²) < 4.78 is 0. The molecule has 0 fully saturated rings. The number of aliphatic imine (C=N–C) groups is 1. The maximum atomic E-state index is 11.7. The molecule has 1 amide bonds. The lowest BCUT2D eigenvalue weighted by molar-refractivity contribution is -0.121. The van der Waals surface area contributed by atoms with Crippen LogP contribution >= 0.6 is 0 Å². The summed E-state index contributed by atoms with van der Waals surface area (Å²) in [6.07, 6.45) is 7.69. The maximum Gasteiger partial charge on any atom is 0.221 e. The Morgan fingerprint density at radius 1 is 1.05 bits per heavy atom. The van der Waals surface area contributed by atoms with Gasteiger partial charge in [0.15, 0.2) is 5.96 Å². The van der Waals surface area contributed by atoms with Gasteiger partial charge in [0, 0.05) is 32.1 Å². The van der Waals surface area contributed by atoms with E-state index < -0.39 is 0 Å². The second kappa shape index (κ2) is 13.4. The molecule has 0 aromatic rings. The van der Waals surface area contributed by atoms with Gasteiger partial charge >= 0.3 is 0 Å². The van der Waals surface area contributed by atoms with Gasteiger partial charge in [0.2, 0.25) is 5.91 Å². The molecule has 0 bridgehead atoms. The summed E-state index contributed by atoms with van der Waals surface area (Å²) in [5, 5.41) is 9.54. The fourth-order valence-electron chi connectivity index (χ4n) is 2.12. The van der Waals surface area contributed by atoms with Crippen molar-refractivity contribution >= 4 is 11.9 Å². The van der Waals surface area contributed by atoms with E-state index in [0.29, 0.717) is 19.0 Å². The zero-order valence-electron chi connectivity index (χ0n) is 15.2. The Balaban J connectivity index is 3.85. The van der Waals surface area contributed by atoms with E-state index in [-0.39, 0.29) is 11.9 Å². The highest BCUT2D eigenvalue weighted by Gasteiger charge is 2.07. The largest absolute Gasteiger partial charge is 0.356 e. The van der Waals surface area contributed by atoms with E-state index in [4.69, 9.17) is 0 Å². The summed E-state index contributed by atoms with van der Waals surface area (Å²) in [6, 6.07) is 0.644. The topological polar surface area (TPSA) is 65.5 Å². The third-order valence-corrected chi connectivity index (χ3v) is 3.76. The van der Waals surface area contributed by atoms with Gasteiger partial charge in [-0.1, -0.05) is 39.5 Å². The van der Waals surface area contributed by atoms with Crippen molar-refractivity contribution in [2.45, 2.75) is 84.7 Å². The number of hydrogen-bond acceptors (Lipinski definition) is 2. The number of unbranched alkanes of at least 4 members (excludes halogenated alkanes) is 3. The van der Waals surface area contributed by atoms with Gasteiger partial charge in [0.1, 0.15) is 0 Å². The summed E-state index contributed by atoms with van der Waals surface area (Å²) in [4.78, 5) is 15.9. The number of carbonyl (C=O) groups excluding carboxylic acids is 1. The Kier molecular flexibility index (Phi) is 12.6. The van der Waals surface area contributed by atoms with Crippen LogP contribution < -0.4 is 16.0 Å². The number of nitrogens with one attached hydrogen (secondary N) is 3. The van der Waals surface area contributed by atoms with Gasteiger partial charge in [0.25, 0.3) is 0 Å². The van der Waals surface area contributed by atoms with E-state index in [1.54, 1.807) is 7.05 Å². The number of rotatable bonds is 11. The summed E-state index contributed by atoms with van der Waals surface area (Å²) in [5.41, 5.74) is 0. The molecule has 130 valence electrons. The highest BCUT2D eigenvalue weighted by Crippen LogP contribution is 2.05. The number of carbonyl (C=O) groups is 1. The van der Waals surface area contributed by atoms with Crippen LogP contribution in [0.1, 0.15) is 72.6 Å². The average molecular weight is 313 g/mol. The van der Waals surface area contributed by atoms with Crippen LogP contribution in [-0.4, -0.2) is 37.5 Å². The maximum absolute atomic E-state index is 11.7. The van der Waals surface area contributed by atoms with Crippen molar-refractivity contribution in [3.8, 4) is 0 Å². The van der Waals surface area contributed by atoms with Crippen LogP contribution in [0.25, 0.3) is 0 Å². The first-order valence-electron chi connectivity index (χ1n) is 8.79. The van der Waals surface area contributed by atoms with Gasteiger partial charge in [-0.25, -0.2) is 0 Å².